The van der Waals surface area contributed by atoms with Crippen LogP contribution < -0.4 is 9.08 Å². The Hall–Kier alpha value is -6.90. The SMILES string of the molecule is Cc1cccc(N(c2cccc(C)c2)c2ccc3c(c2)C2(c4ccccc4-c4ccccc42)c2cc4c5ccc(OS(=O)(=O)C(F)(F)F)cc5c5ccccc5c4cc2-3)c1. The third kappa shape index (κ3) is 5.13. The molecule has 2 aliphatic carbocycles. The van der Waals surface area contributed by atoms with Crippen LogP contribution in [-0.2, 0) is 15.5 Å². The molecule has 8 heteroatoms. The number of hydrogen-bond acceptors (Lipinski definition) is 4. The molecule has 0 amide bonds. The van der Waals surface area contributed by atoms with Crippen molar-refractivity contribution < 1.29 is 25.8 Å². The van der Waals surface area contributed by atoms with Gasteiger partial charge in [-0.05, 0) is 169 Å². The first-order chi connectivity index (χ1) is 28.9. The first-order valence-electron chi connectivity index (χ1n) is 19.7. The molecule has 0 N–H and O–H groups in total. The number of rotatable bonds is 5. The van der Waals surface area contributed by atoms with Crippen molar-refractivity contribution >= 4 is 59.5 Å². The van der Waals surface area contributed by atoms with Crippen LogP contribution in [0, 0.1) is 13.8 Å². The first-order valence-corrected chi connectivity index (χ1v) is 21.1. The van der Waals surface area contributed by atoms with E-state index in [1.165, 1.54) is 23.3 Å². The van der Waals surface area contributed by atoms with Crippen molar-refractivity contribution in [3.05, 3.63) is 203 Å². The molecule has 0 saturated carbocycles. The van der Waals surface area contributed by atoms with Crippen LogP contribution in [0.2, 0.25) is 0 Å². The minimum absolute atomic E-state index is 0.410. The summed E-state index contributed by atoms with van der Waals surface area (Å²) in [5.74, 6) is -0.410. The van der Waals surface area contributed by atoms with Crippen molar-refractivity contribution in [2.75, 3.05) is 4.90 Å². The fourth-order valence-corrected chi connectivity index (χ4v) is 10.3. The predicted octanol–water partition coefficient (Wildman–Crippen LogP) is 13.8. The minimum Gasteiger partial charge on any atom is -0.376 e. The largest absolute Gasteiger partial charge is 0.534 e. The molecular formula is C52H34F3NO3S. The van der Waals surface area contributed by atoms with Gasteiger partial charge in [0.2, 0.25) is 0 Å². The Balaban J connectivity index is 1.23. The Morgan fingerprint density at radius 2 is 0.950 bits per heavy atom. The number of aryl methyl sites for hydroxylation is 2. The van der Waals surface area contributed by atoms with Crippen LogP contribution in [0.3, 0.4) is 0 Å². The molecular weight excluding hydrogens is 776 g/mol. The zero-order valence-electron chi connectivity index (χ0n) is 32.4. The van der Waals surface area contributed by atoms with Gasteiger partial charge in [0.1, 0.15) is 5.75 Å². The number of alkyl halides is 3. The molecule has 2 aliphatic rings. The molecule has 0 radical (unpaired) electrons. The number of anilines is 3. The summed E-state index contributed by atoms with van der Waals surface area (Å²) in [6.07, 6.45) is 0. The first kappa shape index (κ1) is 36.2. The number of fused-ring (bicyclic) bond motifs is 16. The second kappa shape index (κ2) is 12.8. The Labute approximate surface area is 344 Å². The quantitative estimate of drug-likeness (QED) is 0.0987. The average Bonchev–Trinajstić information content (AvgIpc) is 3.69. The highest BCUT2D eigenvalue weighted by Crippen LogP contribution is 2.64. The summed E-state index contributed by atoms with van der Waals surface area (Å²) >= 11 is 0. The van der Waals surface area contributed by atoms with E-state index in [0.717, 1.165) is 88.5 Å². The summed E-state index contributed by atoms with van der Waals surface area (Å²) in [5, 5.41) is 4.86. The van der Waals surface area contributed by atoms with Crippen molar-refractivity contribution in [2.45, 2.75) is 24.8 Å². The minimum atomic E-state index is -5.88. The van der Waals surface area contributed by atoms with Crippen LogP contribution in [0.25, 0.3) is 54.6 Å². The third-order valence-corrected chi connectivity index (χ3v) is 13.2. The van der Waals surface area contributed by atoms with Crippen LogP contribution in [-0.4, -0.2) is 13.9 Å². The smallest absolute Gasteiger partial charge is 0.376 e. The van der Waals surface area contributed by atoms with Gasteiger partial charge in [-0.3, -0.25) is 0 Å². The standard InChI is InChI=1S/C52H34F3NO3S/c1-31-11-9-13-33(25-31)56(34-14-10-12-32(2)26-34)35-21-23-42-46-29-44-38-16-4-3-15-37(38)43-28-36(59-60(57,58)52(53,54)55)22-24-39(43)45(44)30-50(46)51(49(42)27-35)47-19-7-5-17-40(47)41-18-6-8-20-48(41)51/h3-30H,1-2H3. The van der Waals surface area contributed by atoms with Crippen molar-refractivity contribution in [3.63, 3.8) is 0 Å². The van der Waals surface area contributed by atoms with Gasteiger partial charge in [0.25, 0.3) is 0 Å². The van der Waals surface area contributed by atoms with E-state index in [0.29, 0.717) is 5.39 Å². The summed E-state index contributed by atoms with van der Waals surface area (Å²) in [5.41, 5.74) is 8.21. The zero-order valence-corrected chi connectivity index (χ0v) is 33.2. The molecule has 0 aliphatic heterocycles. The van der Waals surface area contributed by atoms with E-state index in [-0.39, 0.29) is 0 Å². The van der Waals surface area contributed by atoms with Gasteiger partial charge in [0, 0.05) is 17.1 Å². The lowest BCUT2D eigenvalue weighted by molar-refractivity contribution is -0.0500. The average molecular weight is 810 g/mol. The van der Waals surface area contributed by atoms with E-state index in [4.69, 9.17) is 0 Å². The number of halogens is 3. The van der Waals surface area contributed by atoms with Gasteiger partial charge in [-0.1, -0.05) is 103 Å². The molecule has 0 heterocycles. The van der Waals surface area contributed by atoms with Gasteiger partial charge < -0.3 is 9.08 Å². The highest BCUT2D eigenvalue weighted by molar-refractivity contribution is 7.88. The molecule has 1 spiro atoms. The van der Waals surface area contributed by atoms with Crippen LogP contribution in [0.5, 0.6) is 5.75 Å². The number of hydrogen-bond donors (Lipinski definition) is 0. The molecule has 0 fully saturated rings. The highest BCUT2D eigenvalue weighted by atomic mass is 32.2. The van der Waals surface area contributed by atoms with E-state index in [9.17, 15) is 21.6 Å². The zero-order chi connectivity index (χ0) is 41.1. The molecule has 9 aromatic rings. The summed E-state index contributed by atoms with van der Waals surface area (Å²) in [7, 11) is -5.88. The molecule has 0 unspecified atom stereocenters. The number of nitrogens with zero attached hydrogens (tertiary/aromatic N) is 1. The van der Waals surface area contributed by atoms with Gasteiger partial charge in [0.15, 0.2) is 0 Å². The Morgan fingerprint density at radius 1 is 0.450 bits per heavy atom. The van der Waals surface area contributed by atoms with Crippen molar-refractivity contribution in [1.29, 1.82) is 0 Å². The normalized spacial score (nSPS) is 13.7. The van der Waals surface area contributed by atoms with Gasteiger partial charge in [-0.25, -0.2) is 0 Å². The lowest BCUT2D eigenvalue weighted by Gasteiger charge is -2.32. The maximum atomic E-state index is 13.4. The maximum absolute atomic E-state index is 13.4. The van der Waals surface area contributed by atoms with Gasteiger partial charge in [0.05, 0.1) is 5.41 Å². The molecule has 9 aromatic carbocycles. The molecule has 0 saturated heterocycles. The van der Waals surface area contributed by atoms with Crippen LogP contribution in [0.15, 0.2) is 170 Å². The van der Waals surface area contributed by atoms with Crippen LogP contribution in [0.4, 0.5) is 30.2 Å². The molecule has 0 atom stereocenters. The van der Waals surface area contributed by atoms with Gasteiger partial charge in [-0.15, -0.1) is 0 Å². The molecule has 60 heavy (non-hydrogen) atoms. The lowest BCUT2D eigenvalue weighted by Crippen LogP contribution is -2.28. The van der Waals surface area contributed by atoms with E-state index < -0.39 is 26.8 Å². The van der Waals surface area contributed by atoms with E-state index >= 15 is 0 Å². The van der Waals surface area contributed by atoms with E-state index in [1.54, 1.807) is 6.07 Å². The Bertz CT molecular complexity index is 3320. The lowest BCUT2D eigenvalue weighted by atomic mass is 9.70. The van der Waals surface area contributed by atoms with Crippen LogP contribution in [0.1, 0.15) is 33.4 Å². The fraction of sp³-hybridized carbons (Fsp3) is 0.0769. The highest BCUT2D eigenvalue weighted by Gasteiger charge is 2.52. The van der Waals surface area contributed by atoms with Crippen LogP contribution >= 0.6 is 0 Å². The second-order valence-corrected chi connectivity index (χ2v) is 17.3. The summed E-state index contributed by atoms with van der Waals surface area (Å²) in [6.45, 7) is 4.21. The predicted molar refractivity (Wildman–Crippen MR) is 235 cm³/mol. The van der Waals surface area contributed by atoms with Crippen molar-refractivity contribution in [3.8, 4) is 28.0 Å². The number of benzene rings is 9. The van der Waals surface area contributed by atoms with Gasteiger partial charge in [-0.2, -0.15) is 21.6 Å². The monoisotopic (exact) mass is 809 g/mol. The van der Waals surface area contributed by atoms with E-state index in [1.807, 2.05) is 24.3 Å². The fourth-order valence-electron chi connectivity index (χ4n) is 9.90. The molecule has 11 rings (SSSR count). The summed E-state index contributed by atoms with van der Waals surface area (Å²) in [6, 6.07) is 57.7. The molecule has 0 bridgehead atoms. The molecule has 292 valence electrons. The maximum Gasteiger partial charge on any atom is 0.534 e. The summed E-state index contributed by atoms with van der Waals surface area (Å²) < 4.78 is 69.2. The van der Waals surface area contributed by atoms with Gasteiger partial charge >= 0.3 is 15.6 Å². The van der Waals surface area contributed by atoms with Crippen molar-refractivity contribution in [1.82, 2.24) is 0 Å². The molecule has 4 nitrogen and oxygen atoms in total. The summed E-state index contributed by atoms with van der Waals surface area (Å²) in [4.78, 5) is 2.32. The Kier molecular flexibility index (Phi) is 7.72. The third-order valence-electron chi connectivity index (χ3n) is 12.3. The van der Waals surface area contributed by atoms with Crippen molar-refractivity contribution in [2.24, 2.45) is 0 Å². The second-order valence-electron chi connectivity index (χ2n) is 15.8. The topological polar surface area (TPSA) is 46.6 Å². The Morgan fingerprint density at radius 3 is 1.55 bits per heavy atom. The molecule has 0 aromatic heterocycles. The van der Waals surface area contributed by atoms with E-state index in [2.05, 4.69) is 150 Å².